The lowest BCUT2D eigenvalue weighted by atomic mass is 9.70. The van der Waals surface area contributed by atoms with Gasteiger partial charge >= 0.3 is 0 Å². The fraction of sp³-hybridized carbons (Fsp3) is 0.714. The molecule has 2 nitrogen and oxygen atoms in total. The number of nitrogens with zero attached hydrogens (tertiary/aromatic N) is 1. The van der Waals surface area contributed by atoms with Crippen LogP contribution in [0.5, 0.6) is 0 Å². The van der Waals surface area contributed by atoms with Crippen LogP contribution < -0.4 is 5.73 Å². The van der Waals surface area contributed by atoms with Gasteiger partial charge in [0.2, 0.25) is 0 Å². The predicted octanol–water partition coefficient (Wildman–Crippen LogP) is 3.80. The number of rotatable bonds is 4. The molecule has 1 aliphatic rings. The molecule has 108 valence electrons. The summed E-state index contributed by atoms with van der Waals surface area (Å²) in [5.74, 6) is 2.40. The summed E-state index contributed by atoms with van der Waals surface area (Å²) in [7, 11) is 2.23. The molecule has 19 heavy (non-hydrogen) atoms. The molecule has 1 fully saturated rings. The van der Waals surface area contributed by atoms with Gasteiger partial charge < -0.3 is 5.73 Å². The van der Waals surface area contributed by atoms with E-state index in [1.807, 2.05) is 23.1 Å². The minimum absolute atomic E-state index is 0.104. The third-order valence-electron chi connectivity index (χ3n) is 4.56. The van der Waals surface area contributed by atoms with Gasteiger partial charge in [0.25, 0.3) is 0 Å². The average Bonchev–Trinajstić information content (AvgIpc) is 2.74. The van der Waals surface area contributed by atoms with Crippen molar-refractivity contribution in [3.63, 3.8) is 0 Å². The number of halogens is 1. The standard InChI is InChI=1S/C14H23BrN2S2/c1-13(2)4-5-18-10-14(13,9-16)17(3)7-12-6-11(15)8-19-12/h6,8H,4-5,7,9-10,16H2,1-3H3. The third-order valence-corrected chi connectivity index (χ3v) is 7.41. The van der Waals surface area contributed by atoms with Crippen molar-refractivity contribution in [2.24, 2.45) is 11.1 Å². The van der Waals surface area contributed by atoms with Crippen LogP contribution in [0, 0.1) is 5.41 Å². The molecule has 2 N–H and O–H groups in total. The molecular weight excluding hydrogens is 340 g/mol. The van der Waals surface area contributed by atoms with Gasteiger partial charge in [-0.3, -0.25) is 4.90 Å². The predicted molar refractivity (Wildman–Crippen MR) is 91.0 cm³/mol. The summed E-state index contributed by atoms with van der Waals surface area (Å²) in [4.78, 5) is 3.88. The maximum absolute atomic E-state index is 6.21. The van der Waals surface area contributed by atoms with Crippen molar-refractivity contribution in [3.05, 3.63) is 20.8 Å². The first-order valence-corrected chi connectivity index (χ1v) is 9.46. The number of hydrogen-bond acceptors (Lipinski definition) is 4. The number of nitrogens with two attached hydrogens (primary N) is 1. The molecule has 0 amide bonds. The molecule has 1 unspecified atom stereocenters. The number of likely N-dealkylation sites (N-methyl/N-ethyl adjacent to an activating group) is 1. The van der Waals surface area contributed by atoms with Gasteiger partial charge in [0.05, 0.1) is 0 Å². The molecule has 1 aromatic rings. The second-order valence-corrected chi connectivity index (χ2v) is 9.03. The summed E-state index contributed by atoms with van der Waals surface area (Å²) >= 11 is 7.39. The summed E-state index contributed by atoms with van der Waals surface area (Å²) in [6.07, 6.45) is 1.24. The maximum Gasteiger partial charge on any atom is 0.0473 e. The van der Waals surface area contributed by atoms with Crippen LogP contribution in [0.2, 0.25) is 0 Å². The Kier molecular flexibility index (Phi) is 5.05. The highest BCUT2D eigenvalue weighted by molar-refractivity contribution is 9.10. The van der Waals surface area contributed by atoms with E-state index < -0.39 is 0 Å². The van der Waals surface area contributed by atoms with E-state index in [1.165, 1.54) is 21.5 Å². The number of thiophene rings is 1. The monoisotopic (exact) mass is 362 g/mol. The van der Waals surface area contributed by atoms with Crippen molar-refractivity contribution in [2.45, 2.75) is 32.4 Å². The summed E-state index contributed by atoms with van der Waals surface area (Å²) in [5.41, 5.74) is 6.59. The van der Waals surface area contributed by atoms with Crippen LogP contribution in [-0.4, -0.2) is 35.5 Å². The SMILES string of the molecule is CN(Cc1cc(Br)cs1)C1(CN)CSCCC1(C)C. The summed E-state index contributed by atoms with van der Waals surface area (Å²) in [6, 6.07) is 2.22. The smallest absolute Gasteiger partial charge is 0.0473 e. The van der Waals surface area contributed by atoms with E-state index in [2.05, 4.69) is 53.2 Å². The van der Waals surface area contributed by atoms with Crippen LogP contribution in [0.1, 0.15) is 25.1 Å². The van der Waals surface area contributed by atoms with Crippen LogP contribution >= 0.6 is 39.0 Å². The fourth-order valence-corrected chi connectivity index (χ4v) is 6.31. The maximum atomic E-state index is 6.21. The van der Waals surface area contributed by atoms with Crippen LogP contribution in [0.25, 0.3) is 0 Å². The Morgan fingerprint density at radius 3 is 2.74 bits per heavy atom. The van der Waals surface area contributed by atoms with E-state index in [1.54, 1.807) is 0 Å². The molecule has 1 atom stereocenters. The quantitative estimate of drug-likeness (QED) is 0.882. The Morgan fingerprint density at radius 1 is 1.47 bits per heavy atom. The lowest BCUT2D eigenvalue weighted by Crippen LogP contribution is -2.64. The van der Waals surface area contributed by atoms with Gasteiger partial charge in [0, 0.05) is 39.1 Å². The highest BCUT2D eigenvalue weighted by Crippen LogP contribution is 2.45. The van der Waals surface area contributed by atoms with Gasteiger partial charge in [-0.25, -0.2) is 0 Å². The first-order valence-electron chi connectivity index (χ1n) is 6.63. The van der Waals surface area contributed by atoms with E-state index >= 15 is 0 Å². The van der Waals surface area contributed by atoms with Gasteiger partial charge in [0.1, 0.15) is 0 Å². The van der Waals surface area contributed by atoms with Gasteiger partial charge in [-0.2, -0.15) is 11.8 Å². The van der Waals surface area contributed by atoms with Crippen molar-refractivity contribution in [1.82, 2.24) is 4.90 Å². The first kappa shape index (κ1) is 15.8. The lowest BCUT2D eigenvalue weighted by molar-refractivity contribution is 0.0154. The zero-order chi connectivity index (χ0) is 14.1. The highest BCUT2D eigenvalue weighted by Gasteiger charge is 2.48. The molecule has 2 heterocycles. The molecule has 2 rings (SSSR count). The Hall–Kier alpha value is 0.450. The van der Waals surface area contributed by atoms with Crippen molar-refractivity contribution < 1.29 is 0 Å². The number of hydrogen-bond donors (Lipinski definition) is 1. The van der Waals surface area contributed by atoms with Crippen molar-refractivity contribution in [2.75, 3.05) is 25.1 Å². The third kappa shape index (κ3) is 3.05. The Bertz CT molecular complexity index is 433. The first-order chi connectivity index (χ1) is 8.91. The number of thioether (sulfide) groups is 1. The minimum atomic E-state index is 0.104. The molecule has 0 bridgehead atoms. The Labute approximate surface area is 133 Å². The fourth-order valence-electron chi connectivity index (χ4n) is 2.94. The molecule has 5 heteroatoms. The van der Waals surface area contributed by atoms with E-state index in [9.17, 15) is 0 Å². The highest BCUT2D eigenvalue weighted by atomic mass is 79.9. The Balaban J connectivity index is 2.20. The van der Waals surface area contributed by atoms with Crippen molar-refractivity contribution in [3.8, 4) is 0 Å². The Morgan fingerprint density at radius 2 is 2.21 bits per heavy atom. The molecule has 0 aliphatic carbocycles. The lowest BCUT2D eigenvalue weighted by Gasteiger charge is -2.54. The van der Waals surface area contributed by atoms with Gasteiger partial charge in [-0.05, 0) is 46.6 Å². The van der Waals surface area contributed by atoms with Gasteiger partial charge in [-0.1, -0.05) is 13.8 Å². The van der Waals surface area contributed by atoms with Crippen molar-refractivity contribution >= 4 is 39.0 Å². The van der Waals surface area contributed by atoms with Crippen LogP contribution in [0.3, 0.4) is 0 Å². The largest absolute Gasteiger partial charge is 0.329 e. The average molecular weight is 363 g/mol. The summed E-state index contributed by atoms with van der Waals surface area (Å²) < 4.78 is 1.18. The van der Waals surface area contributed by atoms with Crippen LogP contribution in [0.4, 0.5) is 0 Å². The van der Waals surface area contributed by atoms with E-state index in [0.29, 0.717) is 0 Å². The second kappa shape index (κ2) is 6.06. The molecule has 0 saturated carbocycles. The summed E-state index contributed by atoms with van der Waals surface area (Å²) in [5, 5.41) is 2.15. The molecule has 0 aromatic carbocycles. The normalized spacial score (nSPS) is 26.8. The zero-order valence-corrected chi connectivity index (χ0v) is 15.1. The van der Waals surface area contributed by atoms with Gasteiger partial charge in [-0.15, -0.1) is 11.3 Å². The molecule has 0 spiro atoms. The molecule has 1 aromatic heterocycles. The second-order valence-electron chi connectivity index (χ2n) is 6.01. The summed E-state index contributed by atoms with van der Waals surface area (Å²) in [6.45, 7) is 6.47. The molecule has 1 saturated heterocycles. The van der Waals surface area contributed by atoms with Gasteiger partial charge in [0.15, 0.2) is 0 Å². The molecular formula is C14H23BrN2S2. The zero-order valence-electron chi connectivity index (χ0n) is 11.9. The minimum Gasteiger partial charge on any atom is -0.329 e. The molecule has 1 aliphatic heterocycles. The van der Waals surface area contributed by atoms with E-state index in [0.717, 1.165) is 18.8 Å². The van der Waals surface area contributed by atoms with Crippen molar-refractivity contribution in [1.29, 1.82) is 0 Å². The topological polar surface area (TPSA) is 29.3 Å². The van der Waals surface area contributed by atoms with Crippen LogP contribution in [-0.2, 0) is 6.54 Å². The molecule has 0 radical (unpaired) electrons. The van der Waals surface area contributed by atoms with E-state index in [4.69, 9.17) is 5.73 Å². The van der Waals surface area contributed by atoms with Crippen LogP contribution in [0.15, 0.2) is 15.9 Å². The van der Waals surface area contributed by atoms with E-state index in [-0.39, 0.29) is 11.0 Å².